The Bertz CT molecular complexity index is 696. The van der Waals surface area contributed by atoms with Gasteiger partial charge in [-0.2, -0.15) is 0 Å². The Morgan fingerprint density at radius 2 is 2.00 bits per heavy atom. The summed E-state index contributed by atoms with van der Waals surface area (Å²) in [5, 5.41) is 2.93. The normalized spacial score (nSPS) is 13.3. The van der Waals surface area contributed by atoms with Gasteiger partial charge in [-0.1, -0.05) is 0 Å². The van der Waals surface area contributed by atoms with Crippen molar-refractivity contribution in [1.82, 2.24) is 15.0 Å². The summed E-state index contributed by atoms with van der Waals surface area (Å²) in [4.78, 5) is 4.10. The van der Waals surface area contributed by atoms with Crippen LogP contribution in [0.25, 0.3) is 0 Å². The van der Waals surface area contributed by atoms with E-state index in [0.717, 1.165) is 5.56 Å². The van der Waals surface area contributed by atoms with Crippen LogP contribution in [-0.2, 0) is 16.6 Å². The van der Waals surface area contributed by atoms with Crippen molar-refractivity contribution in [1.29, 1.82) is 0 Å². The van der Waals surface area contributed by atoms with Gasteiger partial charge in [-0.3, -0.25) is 4.98 Å². The summed E-state index contributed by atoms with van der Waals surface area (Å²) in [6.45, 7) is 3.91. The minimum atomic E-state index is -3.63. The van der Waals surface area contributed by atoms with Gasteiger partial charge in [-0.05, 0) is 38.6 Å². The van der Waals surface area contributed by atoms with Crippen molar-refractivity contribution in [3.8, 4) is 0 Å². The molecule has 21 heavy (non-hydrogen) atoms. The zero-order valence-corrected chi connectivity index (χ0v) is 13.1. The first-order valence-electron chi connectivity index (χ1n) is 6.60. The maximum Gasteiger partial charge on any atom is 0.244 e. The number of nitrogens with zero attached hydrogens (tertiary/aromatic N) is 1. The first kappa shape index (κ1) is 15.7. The second kappa shape index (κ2) is 6.38. The number of aromatic nitrogens is 1. The molecule has 0 aliphatic carbocycles. The molecule has 0 fully saturated rings. The van der Waals surface area contributed by atoms with Crippen LogP contribution in [0, 0.1) is 6.92 Å². The zero-order chi connectivity index (χ0) is 15.5. The van der Waals surface area contributed by atoms with Crippen LogP contribution < -0.4 is 10.0 Å². The minimum Gasteiger partial charge on any atom is -0.464 e. The molecular weight excluding hydrogens is 290 g/mol. The van der Waals surface area contributed by atoms with Gasteiger partial charge in [0, 0.05) is 24.5 Å². The predicted molar refractivity (Wildman–Crippen MR) is 79.2 cm³/mol. The average molecular weight is 309 g/mol. The lowest BCUT2D eigenvalue weighted by Gasteiger charge is -2.13. The summed E-state index contributed by atoms with van der Waals surface area (Å²) in [5.41, 5.74) is 0.852. The number of rotatable bonds is 6. The number of hydrogen-bond donors (Lipinski definition) is 2. The largest absolute Gasteiger partial charge is 0.464 e. The van der Waals surface area contributed by atoms with E-state index in [4.69, 9.17) is 4.42 Å². The van der Waals surface area contributed by atoms with E-state index in [1.165, 1.54) is 0 Å². The van der Waals surface area contributed by atoms with Crippen LogP contribution in [0.2, 0.25) is 0 Å². The van der Waals surface area contributed by atoms with Crippen LogP contribution in [0.3, 0.4) is 0 Å². The van der Waals surface area contributed by atoms with Crippen molar-refractivity contribution in [3.63, 3.8) is 0 Å². The third-order valence-corrected chi connectivity index (χ3v) is 4.75. The number of hydrogen-bond acceptors (Lipinski definition) is 5. The maximum atomic E-state index is 12.4. The molecule has 2 N–H and O–H groups in total. The van der Waals surface area contributed by atoms with E-state index < -0.39 is 10.0 Å². The van der Waals surface area contributed by atoms with Crippen LogP contribution in [0.15, 0.2) is 39.9 Å². The van der Waals surface area contributed by atoms with Crippen LogP contribution in [-0.4, -0.2) is 20.4 Å². The molecule has 114 valence electrons. The first-order chi connectivity index (χ1) is 9.94. The topological polar surface area (TPSA) is 84.2 Å². The molecule has 0 radical (unpaired) electrons. The highest BCUT2D eigenvalue weighted by Gasteiger charge is 2.23. The quantitative estimate of drug-likeness (QED) is 0.849. The van der Waals surface area contributed by atoms with Gasteiger partial charge in [0.2, 0.25) is 10.0 Å². The van der Waals surface area contributed by atoms with Crippen molar-refractivity contribution in [2.24, 2.45) is 0 Å². The van der Waals surface area contributed by atoms with Gasteiger partial charge in [-0.15, -0.1) is 0 Å². The second-order valence-corrected chi connectivity index (χ2v) is 6.47. The Morgan fingerprint density at radius 1 is 1.33 bits per heavy atom. The second-order valence-electron chi connectivity index (χ2n) is 4.79. The molecule has 0 aliphatic rings. The number of furan rings is 1. The van der Waals surface area contributed by atoms with Crippen LogP contribution in [0.4, 0.5) is 0 Å². The fourth-order valence-electron chi connectivity index (χ4n) is 2.07. The van der Waals surface area contributed by atoms with Crippen molar-refractivity contribution in [2.75, 3.05) is 7.05 Å². The van der Waals surface area contributed by atoms with E-state index in [0.29, 0.717) is 18.1 Å². The van der Waals surface area contributed by atoms with Gasteiger partial charge in [0.05, 0.1) is 6.54 Å². The summed E-state index contributed by atoms with van der Waals surface area (Å²) in [7, 11) is -1.85. The molecule has 2 heterocycles. The fourth-order valence-corrected chi connectivity index (χ4v) is 3.50. The van der Waals surface area contributed by atoms with Crippen molar-refractivity contribution in [3.05, 3.63) is 47.7 Å². The Balaban J connectivity index is 2.22. The van der Waals surface area contributed by atoms with Crippen molar-refractivity contribution < 1.29 is 12.8 Å². The molecule has 0 saturated carbocycles. The Morgan fingerprint density at radius 3 is 2.62 bits per heavy atom. The summed E-state index contributed by atoms with van der Waals surface area (Å²) in [6.07, 6.45) is 3.27. The van der Waals surface area contributed by atoms with Crippen molar-refractivity contribution in [2.45, 2.75) is 31.3 Å². The molecule has 1 atom stereocenters. The van der Waals surface area contributed by atoms with Gasteiger partial charge in [0.25, 0.3) is 0 Å². The molecule has 6 nitrogen and oxygen atoms in total. The Hall–Kier alpha value is -1.70. The lowest BCUT2D eigenvalue weighted by molar-refractivity contribution is 0.465. The molecule has 2 rings (SSSR count). The fraction of sp³-hybridized carbons (Fsp3) is 0.357. The van der Waals surface area contributed by atoms with E-state index in [1.54, 1.807) is 51.5 Å². The third-order valence-electron chi connectivity index (χ3n) is 3.10. The monoisotopic (exact) mass is 309 g/mol. The summed E-state index contributed by atoms with van der Waals surface area (Å²) < 4.78 is 33.0. The van der Waals surface area contributed by atoms with E-state index >= 15 is 0 Å². The van der Waals surface area contributed by atoms with Gasteiger partial charge in [0.1, 0.15) is 16.4 Å². The van der Waals surface area contributed by atoms with E-state index in [1.807, 2.05) is 0 Å². The smallest absolute Gasteiger partial charge is 0.244 e. The molecule has 0 aliphatic heterocycles. The van der Waals surface area contributed by atoms with Gasteiger partial charge in [-0.25, -0.2) is 13.1 Å². The maximum absolute atomic E-state index is 12.4. The standard InChI is InChI=1S/C14H19N3O3S/c1-10(12-4-6-16-7-5-12)17-21(18,19)14-8-13(9-15-3)20-11(14)2/h4-8,10,15,17H,9H2,1-3H3. The van der Waals surface area contributed by atoms with E-state index in [9.17, 15) is 8.42 Å². The van der Waals surface area contributed by atoms with Gasteiger partial charge >= 0.3 is 0 Å². The third kappa shape index (κ3) is 3.69. The van der Waals surface area contributed by atoms with Crippen LogP contribution in [0.5, 0.6) is 0 Å². The lowest BCUT2D eigenvalue weighted by Crippen LogP contribution is -2.27. The molecule has 7 heteroatoms. The number of nitrogens with one attached hydrogen (secondary N) is 2. The number of aryl methyl sites for hydroxylation is 1. The first-order valence-corrected chi connectivity index (χ1v) is 8.08. The number of pyridine rings is 1. The summed E-state index contributed by atoms with van der Waals surface area (Å²) in [5.74, 6) is 0.974. The highest BCUT2D eigenvalue weighted by molar-refractivity contribution is 7.89. The Kier molecular flexibility index (Phi) is 4.76. The Labute approximate surface area is 124 Å². The van der Waals surface area contributed by atoms with Crippen molar-refractivity contribution >= 4 is 10.0 Å². The molecule has 2 aromatic rings. The molecule has 0 bridgehead atoms. The highest BCUT2D eigenvalue weighted by Crippen LogP contribution is 2.22. The SMILES string of the molecule is CNCc1cc(S(=O)(=O)NC(C)c2ccncc2)c(C)o1. The highest BCUT2D eigenvalue weighted by atomic mass is 32.2. The molecule has 2 aromatic heterocycles. The van der Waals surface area contributed by atoms with Crippen LogP contribution in [0.1, 0.15) is 30.0 Å². The predicted octanol–water partition coefficient (Wildman–Crippen LogP) is 1.74. The van der Waals surface area contributed by atoms with Crippen LogP contribution >= 0.6 is 0 Å². The average Bonchev–Trinajstić information content (AvgIpc) is 2.81. The molecule has 1 unspecified atom stereocenters. The molecule has 0 saturated heterocycles. The molecule has 0 amide bonds. The van der Waals surface area contributed by atoms with E-state index in [2.05, 4.69) is 15.0 Å². The molecule has 0 aromatic carbocycles. The number of sulfonamides is 1. The molecule has 0 spiro atoms. The molecular formula is C14H19N3O3S. The summed E-state index contributed by atoms with van der Waals surface area (Å²) >= 11 is 0. The van der Waals surface area contributed by atoms with E-state index in [-0.39, 0.29) is 10.9 Å². The summed E-state index contributed by atoms with van der Waals surface area (Å²) in [6, 6.07) is 4.76. The minimum absolute atomic E-state index is 0.175. The zero-order valence-electron chi connectivity index (χ0n) is 12.3. The van der Waals surface area contributed by atoms with Gasteiger partial charge in [0.15, 0.2) is 0 Å². The van der Waals surface area contributed by atoms with Gasteiger partial charge < -0.3 is 9.73 Å². The lowest BCUT2D eigenvalue weighted by atomic mass is 10.1.